The minimum absolute atomic E-state index is 0.0632. The largest absolute Gasteiger partial charge is 0.465 e. The number of nitrogens with one attached hydrogen (secondary N) is 1. The van der Waals surface area contributed by atoms with Crippen LogP contribution in [0.5, 0.6) is 0 Å². The molecule has 1 N–H and O–H groups in total. The van der Waals surface area contributed by atoms with Crippen molar-refractivity contribution in [2.45, 2.75) is 6.92 Å². The summed E-state index contributed by atoms with van der Waals surface area (Å²) in [6, 6.07) is 6.18. The van der Waals surface area contributed by atoms with Crippen molar-refractivity contribution in [3.63, 3.8) is 0 Å². The number of morpholine rings is 1. The van der Waals surface area contributed by atoms with Crippen molar-refractivity contribution in [1.82, 2.24) is 0 Å². The van der Waals surface area contributed by atoms with Crippen LogP contribution in [0.15, 0.2) is 18.2 Å². The Kier molecular flexibility index (Phi) is 6.29. The summed E-state index contributed by atoms with van der Waals surface area (Å²) in [5.41, 5.74) is 0.833. The zero-order chi connectivity index (χ0) is 21.8. The van der Waals surface area contributed by atoms with Gasteiger partial charge in [0.15, 0.2) is 0 Å². The number of nitriles is 1. The first kappa shape index (κ1) is 21.2. The first-order valence-corrected chi connectivity index (χ1v) is 9.73. The van der Waals surface area contributed by atoms with Crippen molar-refractivity contribution in [3.05, 3.63) is 49.9 Å². The quantitative estimate of drug-likeness (QED) is 0.435. The molecule has 10 nitrogen and oxygen atoms in total. The van der Waals surface area contributed by atoms with Crippen molar-refractivity contribution in [1.29, 1.82) is 5.26 Å². The van der Waals surface area contributed by atoms with Gasteiger partial charge in [0.1, 0.15) is 21.6 Å². The number of carbonyl (C=O) groups is 2. The third kappa shape index (κ3) is 4.10. The first-order chi connectivity index (χ1) is 14.4. The summed E-state index contributed by atoms with van der Waals surface area (Å²) in [7, 11) is 1.22. The van der Waals surface area contributed by atoms with Crippen LogP contribution in [0.4, 0.5) is 16.4 Å². The zero-order valence-electron chi connectivity index (χ0n) is 16.3. The minimum atomic E-state index is -0.624. The van der Waals surface area contributed by atoms with Gasteiger partial charge in [-0.1, -0.05) is 0 Å². The average Bonchev–Trinajstić information content (AvgIpc) is 3.08. The van der Waals surface area contributed by atoms with E-state index in [-0.39, 0.29) is 26.7 Å². The Morgan fingerprint density at radius 1 is 1.37 bits per heavy atom. The Hall–Kier alpha value is -3.49. The molecule has 1 aromatic heterocycles. The summed E-state index contributed by atoms with van der Waals surface area (Å²) in [6.45, 7) is 3.55. The number of esters is 1. The Morgan fingerprint density at radius 2 is 2.07 bits per heavy atom. The normalized spacial score (nSPS) is 13.4. The number of rotatable bonds is 5. The predicted octanol–water partition coefficient (Wildman–Crippen LogP) is 2.71. The number of amides is 1. The number of nitro groups is 1. The number of thiophene rings is 1. The van der Waals surface area contributed by atoms with Gasteiger partial charge in [0.05, 0.1) is 30.8 Å². The SMILES string of the molecule is COC(=O)c1sc(NC(=O)c2ccc(N3CCOCC3)c([N+](=O)[O-])c2)c(C#N)c1C. The van der Waals surface area contributed by atoms with E-state index in [0.29, 0.717) is 37.6 Å². The predicted molar refractivity (Wildman–Crippen MR) is 109 cm³/mol. The number of methoxy groups -OCH3 is 1. The van der Waals surface area contributed by atoms with Gasteiger partial charge in [-0.15, -0.1) is 11.3 Å². The molecule has 30 heavy (non-hydrogen) atoms. The van der Waals surface area contributed by atoms with Gasteiger partial charge >= 0.3 is 5.97 Å². The Bertz CT molecular complexity index is 1050. The molecule has 1 aliphatic rings. The molecule has 0 radical (unpaired) electrons. The van der Waals surface area contributed by atoms with Gasteiger partial charge in [0.2, 0.25) is 0 Å². The topological polar surface area (TPSA) is 135 Å². The molecule has 1 amide bonds. The molecule has 0 bridgehead atoms. The molecule has 2 aromatic rings. The molecule has 1 aliphatic heterocycles. The Balaban J connectivity index is 1.91. The number of carbonyl (C=O) groups excluding carboxylic acids is 2. The van der Waals surface area contributed by atoms with Gasteiger partial charge in [-0.3, -0.25) is 14.9 Å². The summed E-state index contributed by atoms with van der Waals surface area (Å²) in [4.78, 5) is 37.7. The highest BCUT2D eigenvalue weighted by atomic mass is 32.1. The number of nitrogens with zero attached hydrogens (tertiary/aromatic N) is 3. The number of benzene rings is 1. The standard InChI is InChI=1S/C19H18N4O6S/c1-11-13(10-20)18(30-16(11)19(25)28-2)21-17(24)12-3-4-14(15(9-12)23(26)27)22-5-7-29-8-6-22/h3-4,9H,5-8H2,1-2H3,(H,21,24). The Morgan fingerprint density at radius 3 is 2.67 bits per heavy atom. The minimum Gasteiger partial charge on any atom is -0.465 e. The van der Waals surface area contributed by atoms with Gasteiger partial charge in [-0.05, 0) is 24.6 Å². The second-order valence-electron chi connectivity index (χ2n) is 6.38. The van der Waals surface area contributed by atoms with Gasteiger partial charge in [0.25, 0.3) is 11.6 Å². The zero-order valence-corrected chi connectivity index (χ0v) is 17.1. The number of hydrogen-bond acceptors (Lipinski definition) is 9. The van der Waals surface area contributed by atoms with E-state index in [1.54, 1.807) is 6.92 Å². The molecular formula is C19H18N4O6S. The number of nitro benzene ring substituents is 1. The van der Waals surface area contributed by atoms with Crippen LogP contribution in [0, 0.1) is 28.4 Å². The van der Waals surface area contributed by atoms with Crippen molar-refractivity contribution in [2.75, 3.05) is 43.6 Å². The van der Waals surface area contributed by atoms with E-state index in [1.807, 2.05) is 11.0 Å². The van der Waals surface area contributed by atoms with Crippen LogP contribution in [0.25, 0.3) is 0 Å². The fourth-order valence-electron chi connectivity index (χ4n) is 3.08. The van der Waals surface area contributed by atoms with Crippen molar-refractivity contribution < 1.29 is 24.0 Å². The molecule has 2 heterocycles. The van der Waals surface area contributed by atoms with E-state index in [1.165, 1.54) is 25.3 Å². The molecule has 1 fully saturated rings. The van der Waals surface area contributed by atoms with Gasteiger partial charge in [0, 0.05) is 24.7 Å². The summed E-state index contributed by atoms with van der Waals surface area (Å²) in [5.74, 6) is -1.24. The molecule has 156 valence electrons. The molecule has 3 rings (SSSR count). The maximum absolute atomic E-state index is 12.7. The van der Waals surface area contributed by atoms with Crippen LogP contribution in [0.1, 0.15) is 31.2 Å². The van der Waals surface area contributed by atoms with Crippen LogP contribution in [-0.4, -0.2) is 50.2 Å². The van der Waals surface area contributed by atoms with Crippen molar-refractivity contribution in [3.8, 4) is 6.07 Å². The third-order valence-corrected chi connectivity index (χ3v) is 5.83. The molecule has 0 unspecified atom stereocenters. The lowest BCUT2D eigenvalue weighted by atomic mass is 10.1. The smallest absolute Gasteiger partial charge is 0.348 e. The van der Waals surface area contributed by atoms with E-state index >= 15 is 0 Å². The van der Waals surface area contributed by atoms with Gasteiger partial charge < -0.3 is 19.7 Å². The van der Waals surface area contributed by atoms with E-state index in [0.717, 1.165) is 11.3 Å². The number of anilines is 2. The summed E-state index contributed by atoms with van der Waals surface area (Å²) < 4.78 is 9.97. The van der Waals surface area contributed by atoms with Crippen LogP contribution in [0.2, 0.25) is 0 Å². The maximum Gasteiger partial charge on any atom is 0.348 e. The summed E-state index contributed by atoms with van der Waals surface area (Å²) >= 11 is 0.918. The van der Waals surface area contributed by atoms with E-state index in [2.05, 4.69) is 5.32 Å². The van der Waals surface area contributed by atoms with E-state index < -0.39 is 16.8 Å². The second kappa shape index (κ2) is 8.89. The van der Waals surface area contributed by atoms with Crippen LogP contribution >= 0.6 is 11.3 Å². The highest BCUT2D eigenvalue weighted by Crippen LogP contribution is 2.34. The lowest BCUT2D eigenvalue weighted by Gasteiger charge is -2.28. The fourth-order valence-corrected chi connectivity index (χ4v) is 4.15. The fraction of sp³-hybridized carbons (Fsp3) is 0.316. The molecular weight excluding hydrogens is 412 g/mol. The molecule has 1 aromatic carbocycles. The molecule has 0 saturated carbocycles. The molecule has 0 aliphatic carbocycles. The van der Waals surface area contributed by atoms with Gasteiger partial charge in [-0.25, -0.2) is 4.79 Å². The summed E-state index contributed by atoms with van der Waals surface area (Å²) in [6.07, 6.45) is 0. The number of hydrogen-bond donors (Lipinski definition) is 1. The van der Waals surface area contributed by atoms with Gasteiger partial charge in [-0.2, -0.15) is 5.26 Å². The average molecular weight is 430 g/mol. The van der Waals surface area contributed by atoms with Crippen LogP contribution in [0.3, 0.4) is 0 Å². The molecule has 0 spiro atoms. The number of ether oxygens (including phenoxy) is 2. The van der Waals surface area contributed by atoms with Crippen LogP contribution in [-0.2, 0) is 9.47 Å². The third-order valence-electron chi connectivity index (χ3n) is 4.64. The Labute approximate surface area is 175 Å². The second-order valence-corrected chi connectivity index (χ2v) is 7.40. The lowest BCUT2D eigenvalue weighted by molar-refractivity contribution is -0.384. The van der Waals surface area contributed by atoms with E-state index in [4.69, 9.17) is 9.47 Å². The van der Waals surface area contributed by atoms with Crippen molar-refractivity contribution in [2.24, 2.45) is 0 Å². The maximum atomic E-state index is 12.7. The monoisotopic (exact) mass is 430 g/mol. The summed E-state index contributed by atoms with van der Waals surface area (Å²) in [5, 5.41) is 23.7. The van der Waals surface area contributed by atoms with E-state index in [9.17, 15) is 25.0 Å². The molecule has 11 heteroatoms. The molecule has 1 saturated heterocycles. The van der Waals surface area contributed by atoms with Crippen LogP contribution < -0.4 is 10.2 Å². The highest BCUT2D eigenvalue weighted by molar-refractivity contribution is 7.18. The highest BCUT2D eigenvalue weighted by Gasteiger charge is 2.25. The van der Waals surface area contributed by atoms with Crippen molar-refractivity contribution >= 4 is 39.6 Å². The first-order valence-electron chi connectivity index (χ1n) is 8.91. The molecule has 0 atom stereocenters. The lowest BCUT2D eigenvalue weighted by Crippen LogP contribution is -2.36.